The van der Waals surface area contributed by atoms with E-state index in [0.29, 0.717) is 30.2 Å². The third-order valence-electron chi connectivity index (χ3n) is 2.38. The van der Waals surface area contributed by atoms with Crippen LogP contribution >= 0.6 is 0 Å². The molecule has 0 atom stereocenters. The van der Waals surface area contributed by atoms with E-state index in [1.807, 2.05) is 6.92 Å². The Morgan fingerprint density at radius 2 is 2.41 bits per heavy atom. The topological polar surface area (TPSA) is 92.6 Å². The Labute approximate surface area is 98.0 Å². The van der Waals surface area contributed by atoms with E-state index in [1.54, 1.807) is 11.7 Å². The summed E-state index contributed by atoms with van der Waals surface area (Å²) in [4.78, 5) is 3.91. The molecule has 0 aliphatic heterocycles. The van der Waals surface area contributed by atoms with Crippen LogP contribution in [0.1, 0.15) is 17.1 Å². The van der Waals surface area contributed by atoms with Gasteiger partial charge in [0.15, 0.2) is 5.82 Å². The second-order valence-electron chi connectivity index (χ2n) is 3.57. The van der Waals surface area contributed by atoms with Crippen LogP contribution < -0.4 is 5.32 Å². The summed E-state index contributed by atoms with van der Waals surface area (Å²) < 4.78 is 6.29. The number of nitrogens with zero attached hydrogens (tertiary/aromatic N) is 5. The molecule has 0 aliphatic rings. The lowest BCUT2D eigenvalue weighted by atomic mass is 10.2. The molecule has 0 aliphatic carbocycles. The molecule has 2 rings (SSSR count). The maximum atomic E-state index is 9.01. The van der Waals surface area contributed by atoms with Gasteiger partial charge in [0.1, 0.15) is 17.5 Å². The van der Waals surface area contributed by atoms with Gasteiger partial charge in [-0.3, -0.25) is 4.68 Å². The third kappa shape index (κ3) is 2.25. The molecule has 1 N–H and O–H groups in total. The molecule has 2 aromatic rings. The Bertz CT molecular complexity index is 536. The fraction of sp³-hybridized carbons (Fsp3) is 0.400. The predicted octanol–water partition coefficient (Wildman–Crippen LogP) is 0.638. The van der Waals surface area contributed by atoms with E-state index in [2.05, 4.69) is 31.1 Å². The first-order chi connectivity index (χ1) is 8.22. The van der Waals surface area contributed by atoms with Gasteiger partial charge in [-0.2, -0.15) is 15.3 Å². The summed E-state index contributed by atoms with van der Waals surface area (Å²) >= 11 is 0. The minimum atomic E-state index is 0.570. The summed E-state index contributed by atoms with van der Waals surface area (Å²) in [6.07, 6.45) is 1.93. The molecule has 17 heavy (non-hydrogen) atoms. The number of aryl methyl sites for hydroxylation is 2. The van der Waals surface area contributed by atoms with Crippen LogP contribution in [-0.2, 0) is 13.5 Å². The molecular formula is C10H12N6O. The molecule has 0 unspecified atom stereocenters. The van der Waals surface area contributed by atoms with Crippen LogP contribution in [0, 0.1) is 18.3 Å². The van der Waals surface area contributed by atoms with Gasteiger partial charge in [0.25, 0.3) is 0 Å². The molecule has 7 nitrogen and oxygen atoms in total. The van der Waals surface area contributed by atoms with Crippen molar-refractivity contribution in [1.29, 1.82) is 5.26 Å². The van der Waals surface area contributed by atoms with Gasteiger partial charge in [-0.15, -0.1) is 0 Å². The van der Waals surface area contributed by atoms with E-state index in [0.717, 1.165) is 5.69 Å². The Morgan fingerprint density at radius 1 is 1.59 bits per heavy atom. The zero-order valence-electron chi connectivity index (χ0n) is 9.64. The van der Waals surface area contributed by atoms with Gasteiger partial charge in [-0.1, -0.05) is 5.16 Å². The molecule has 0 bridgehead atoms. The largest absolute Gasteiger partial charge is 0.369 e. The van der Waals surface area contributed by atoms with E-state index in [4.69, 9.17) is 5.26 Å². The highest BCUT2D eigenvalue weighted by Gasteiger charge is 2.12. The maximum absolute atomic E-state index is 9.01. The first-order valence-electron chi connectivity index (χ1n) is 5.15. The van der Waals surface area contributed by atoms with Crippen LogP contribution in [0.25, 0.3) is 0 Å². The third-order valence-corrected chi connectivity index (χ3v) is 2.38. The van der Waals surface area contributed by atoms with Gasteiger partial charge in [0.2, 0.25) is 6.39 Å². The van der Waals surface area contributed by atoms with Crippen molar-refractivity contribution in [2.45, 2.75) is 13.3 Å². The average Bonchev–Trinajstić information content (AvgIpc) is 2.88. The van der Waals surface area contributed by atoms with Crippen LogP contribution in [0.5, 0.6) is 0 Å². The zero-order chi connectivity index (χ0) is 12.3. The molecule has 0 radical (unpaired) electrons. The summed E-state index contributed by atoms with van der Waals surface area (Å²) in [6.45, 7) is 2.43. The van der Waals surface area contributed by atoms with Crippen molar-refractivity contribution in [3.8, 4) is 6.07 Å². The van der Waals surface area contributed by atoms with Gasteiger partial charge < -0.3 is 9.84 Å². The van der Waals surface area contributed by atoms with Crippen molar-refractivity contribution in [2.75, 3.05) is 11.9 Å². The van der Waals surface area contributed by atoms with E-state index in [1.165, 1.54) is 6.39 Å². The highest BCUT2D eigenvalue weighted by molar-refractivity contribution is 5.54. The minimum absolute atomic E-state index is 0.570. The lowest BCUT2D eigenvalue weighted by Gasteiger charge is -2.04. The number of nitrogens with one attached hydrogen (secondary N) is 1. The molecule has 0 aromatic carbocycles. The Balaban J connectivity index is 2.02. The second-order valence-corrected chi connectivity index (χ2v) is 3.57. The van der Waals surface area contributed by atoms with Crippen LogP contribution in [0.15, 0.2) is 10.9 Å². The van der Waals surface area contributed by atoms with E-state index < -0.39 is 0 Å². The van der Waals surface area contributed by atoms with Crippen molar-refractivity contribution in [1.82, 2.24) is 19.9 Å². The molecule has 2 aromatic heterocycles. The van der Waals surface area contributed by atoms with E-state index in [-0.39, 0.29) is 0 Å². The molecule has 0 amide bonds. The van der Waals surface area contributed by atoms with Crippen molar-refractivity contribution in [3.63, 3.8) is 0 Å². The lowest BCUT2D eigenvalue weighted by Crippen LogP contribution is -2.10. The number of nitriles is 1. The number of hydrogen-bond acceptors (Lipinski definition) is 6. The monoisotopic (exact) mass is 232 g/mol. The van der Waals surface area contributed by atoms with E-state index in [9.17, 15) is 0 Å². The quantitative estimate of drug-likeness (QED) is 0.831. The fourth-order valence-corrected chi connectivity index (χ4v) is 1.59. The fourth-order valence-electron chi connectivity index (χ4n) is 1.59. The SMILES string of the molecule is Cc1nn(C)c(NCCc2ncon2)c1C#N. The molecule has 88 valence electrons. The van der Waals surface area contributed by atoms with Crippen molar-refractivity contribution < 1.29 is 4.52 Å². The lowest BCUT2D eigenvalue weighted by molar-refractivity contribution is 0.410. The van der Waals surface area contributed by atoms with Crippen LogP contribution in [0.2, 0.25) is 0 Å². The van der Waals surface area contributed by atoms with Gasteiger partial charge in [-0.05, 0) is 6.92 Å². The summed E-state index contributed by atoms with van der Waals surface area (Å²) in [7, 11) is 1.80. The Morgan fingerprint density at radius 3 is 3.06 bits per heavy atom. The first kappa shape index (κ1) is 11.1. The minimum Gasteiger partial charge on any atom is -0.369 e. The van der Waals surface area contributed by atoms with Crippen LogP contribution in [-0.4, -0.2) is 26.5 Å². The smallest absolute Gasteiger partial charge is 0.213 e. The van der Waals surface area contributed by atoms with Gasteiger partial charge in [0, 0.05) is 20.0 Å². The average molecular weight is 232 g/mol. The first-order valence-corrected chi connectivity index (χ1v) is 5.15. The van der Waals surface area contributed by atoms with Crippen molar-refractivity contribution in [2.24, 2.45) is 7.05 Å². The molecule has 2 heterocycles. The van der Waals surface area contributed by atoms with Gasteiger partial charge >= 0.3 is 0 Å². The number of rotatable bonds is 4. The molecular weight excluding hydrogens is 220 g/mol. The standard InChI is InChI=1S/C10H12N6O/c1-7-8(5-11)10(16(2)14-7)12-4-3-9-13-6-17-15-9/h6,12H,3-4H2,1-2H3. The van der Waals surface area contributed by atoms with Crippen LogP contribution in [0.4, 0.5) is 5.82 Å². The maximum Gasteiger partial charge on any atom is 0.213 e. The second kappa shape index (κ2) is 4.65. The Hall–Kier alpha value is -2.36. The molecule has 0 fully saturated rings. The van der Waals surface area contributed by atoms with E-state index >= 15 is 0 Å². The molecule has 0 saturated heterocycles. The summed E-state index contributed by atoms with van der Waals surface area (Å²) in [6, 6.07) is 2.13. The summed E-state index contributed by atoms with van der Waals surface area (Å²) in [5.41, 5.74) is 1.29. The highest BCUT2D eigenvalue weighted by atomic mass is 16.5. The van der Waals surface area contributed by atoms with Crippen molar-refractivity contribution in [3.05, 3.63) is 23.5 Å². The molecule has 0 saturated carbocycles. The van der Waals surface area contributed by atoms with Gasteiger partial charge in [0.05, 0.1) is 5.69 Å². The zero-order valence-corrected chi connectivity index (χ0v) is 9.64. The van der Waals surface area contributed by atoms with Crippen molar-refractivity contribution >= 4 is 5.82 Å². The van der Waals surface area contributed by atoms with Crippen LogP contribution in [0.3, 0.4) is 0 Å². The summed E-state index contributed by atoms with van der Waals surface area (Å²) in [5, 5.41) is 20.0. The number of aromatic nitrogens is 4. The number of anilines is 1. The molecule has 0 spiro atoms. The normalized spacial score (nSPS) is 10.2. The highest BCUT2D eigenvalue weighted by Crippen LogP contribution is 2.16. The van der Waals surface area contributed by atoms with Gasteiger partial charge in [-0.25, -0.2) is 0 Å². The molecule has 7 heteroatoms. The Kier molecular flexibility index (Phi) is 3.05. The number of hydrogen-bond donors (Lipinski definition) is 1. The summed E-state index contributed by atoms with van der Waals surface area (Å²) in [5.74, 6) is 1.35. The predicted molar refractivity (Wildman–Crippen MR) is 59.2 cm³/mol.